The normalized spacial score (nSPS) is 12.7. The fourth-order valence-electron chi connectivity index (χ4n) is 9.50. The molecule has 0 radical (unpaired) electrons. The second kappa shape index (κ2) is 66.8. The summed E-state index contributed by atoms with van der Waals surface area (Å²) in [5, 5.41) is 0. The van der Waals surface area contributed by atoms with E-state index in [0.29, 0.717) is 19.3 Å². The summed E-state index contributed by atoms with van der Waals surface area (Å²) >= 11 is 0. The van der Waals surface area contributed by atoms with E-state index in [0.717, 1.165) is 103 Å². The van der Waals surface area contributed by atoms with Gasteiger partial charge in [-0.25, -0.2) is 0 Å². The van der Waals surface area contributed by atoms with Crippen LogP contribution in [0.4, 0.5) is 0 Å². The van der Waals surface area contributed by atoms with Gasteiger partial charge in [0.2, 0.25) is 0 Å². The molecule has 0 rings (SSSR count). The van der Waals surface area contributed by atoms with Crippen LogP contribution in [0, 0.1) is 0 Å². The zero-order valence-corrected chi connectivity index (χ0v) is 52.1. The monoisotopic (exact) mass is 1100 g/mol. The minimum Gasteiger partial charge on any atom is -0.462 e. The number of allylic oxidation sites excluding steroid dienone is 16. The van der Waals surface area contributed by atoms with E-state index in [1.807, 2.05) is 0 Å². The molecule has 6 nitrogen and oxygen atoms in total. The van der Waals surface area contributed by atoms with Gasteiger partial charge in [-0.1, -0.05) is 285 Å². The fourth-order valence-corrected chi connectivity index (χ4v) is 9.50. The molecule has 0 heterocycles. The second-order valence-electron chi connectivity index (χ2n) is 22.3. The Bertz CT molecular complexity index is 1540. The third-order valence-corrected chi connectivity index (χ3v) is 14.5. The molecule has 0 amide bonds. The van der Waals surface area contributed by atoms with Gasteiger partial charge in [0, 0.05) is 19.3 Å². The van der Waals surface area contributed by atoms with Gasteiger partial charge in [-0.05, 0) is 122 Å². The van der Waals surface area contributed by atoms with E-state index >= 15 is 0 Å². The molecule has 454 valence electrons. The molecule has 0 saturated carbocycles. The van der Waals surface area contributed by atoms with Crippen molar-refractivity contribution in [2.45, 2.75) is 335 Å². The van der Waals surface area contributed by atoms with Crippen LogP contribution in [0.5, 0.6) is 0 Å². The van der Waals surface area contributed by atoms with Crippen molar-refractivity contribution < 1.29 is 28.6 Å². The number of hydrogen-bond donors (Lipinski definition) is 0. The van der Waals surface area contributed by atoms with E-state index in [9.17, 15) is 14.4 Å². The lowest BCUT2D eigenvalue weighted by Gasteiger charge is -2.18. The predicted octanol–water partition coefficient (Wildman–Crippen LogP) is 23.2. The average molecular weight is 1100 g/mol. The predicted molar refractivity (Wildman–Crippen MR) is 344 cm³/mol. The van der Waals surface area contributed by atoms with E-state index in [-0.39, 0.29) is 31.1 Å². The molecule has 1 atom stereocenters. The lowest BCUT2D eigenvalue weighted by molar-refractivity contribution is -0.167. The minimum absolute atomic E-state index is 0.0820. The van der Waals surface area contributed by atoms with Crippen LogP contribution >= 0.6 is 0 Å². The molecule has 0 aliphatic heterocycles. The van der Waals surface area contributed by atoms with Crippen molar-refractivity contribution in [3.8, 4) is 0 Å². The summed E-state index contributed by atoms with van der Waals surface area (Å²) in [5.74, 6) is -0.884. The lowest BCUT2D eigenvalue weighted by Crippen LogP contribution is -2.30. The molecule has 0 fully saturated rings. The average Bonchev–Trinajstić information content (AvgIpc) is 3.45. The smallest absolute Gasteiger partial charge is 0.306 e. The maximum absolute atomic E-state index is 12.9. The molecule has 0 aromatic carbocycles. The SMILES string of the molecule is CC/C=C\C/C=C\C/C=C\C/C=C\C/C=C\CCCCCCCCCCCCCC(=O)OCC(COC(=O)CCCCCCCCC/C=C\CCCCCCCC)OC(=O)CCCCCCCCC/C=C\C/C=C\CCCCC. The second-order valence-corrected chi connectivity index (χ2v) is 22.3. The summed E-state index contributed by atoms with van der Waals surface area (Å²) < 4.78 is 17.0. The van der Waals surface area contributed by atoms with E-state index < -0.39 is 6.10 Å². The van der Waals surface area contributed by atoms with Gasteiger partial charge >= 0.3 is 17.9 Å². The Balaban J connectivity index is 4.34. The summed E-state index contributed by atoms with van der Waals surface area (Å²) in [4.78, 5) is 38.4. The van der Waals surface area contributed by atoms with Crippen LogP contribution in [0.25, 0.3) is 0 Å². The first-order valence-electron chi connectivity index (χ1n) is 33.7. The molecule has 0 N–H and O–H groups in total. The first-order chi connectivity index (χ1) is 39.0. The summed E-state index contributed by atoms with van der Waals surface area (Å²) in [6, 6.07) is 0. The van der Waals surface area contributed by atoms with Gasteiger partial charge in [0.15, 0.2) is 6.10 Å². The van der Waals surface area contributed by atoms with E-state index in [2.05, 4.69) is 118 Å². The van der Waals surface area contributed by atoms with Gasteiger partial charge in [0.05, 0.1) is 0 Å². The fraction of sp³-hybridized carbons (Fsp3) is 0.740. The van der Waals surface area contributed by atoms with Crippen LogP contribution in [-0.4, -0.2) is 37.2 Å². The van der Waals surface area contributed by atoms with Crippen molar-refractivity contribution in [1.82, 2.24) is 0 Å². The Morgan fingerprint density at radius 2 is 0.494 bits per heavy atom. The largest absolute Gasteiger partial charge is 0.462 e. The summed E-state index contributed by atoms with van der Waals surface area (Å²) in [5.41, 5.74) is 0. The van der Waals surface area contributed by atoms with Crippen molar-refractivity contribution in [2.24, 2.45) is 0 Å². The summed E-state index contributed by atoms with van der Waals surface area (Å²) in [6.45, 7) is 6.52. The van der Waals surface area contributed by atoms with Gasteiger partial charge < -0.3 is 14.2 Å². The van der Waals surface area contributed by atoms with Crippen molar-refractivity contribution in [2.75, 3.05) is 13.2 Å². The quantitative estimate of drug-likeness (QED) is 0.0261. The highest BCUT2D eigenvalue weighted by Crippen LogP contribution is 2.16. The maximum Gasteiger partial charge on any atom is 0.306 e. The third-order valence-electron chi connectivity index (χ3n) is 14.5. The molecular weight excluding hydrogens is 973 g/mol. The minimum atomic E-state index is -0.787. The van der Waals surface area contributed by atoms with Crippen LogP contribution in [0.1, 0.15) is 329 Å². The third kappa shape index (κ3) is 65.0. The first-order valence-corrected chi connectivity index (χ1v) is 33.7. The van der Waals surface area contributed by atoms with E-state index in [1.54, 1.807) is 0 Å². The Morgan fingerprint density at radius 1 is 0.266 bits per heavy atom. The van der Waals surface area contributed by atoms with Crippen molar-refractivity contribution in [3.05, 3.63) is 97.2 Å². The Kier molecular flexibility index (Phi) is 63.7. The van der Waals surface area contributed by atoms with Gasteiger partial charge in [-0.15, -0.1) is 0 Å². The Labute approximate surface area is 489 Å². The zero-order chi connectivity index (χ0) is 57.1. The molecule has 0 bridgehead atoms. The van der Waals surface area contributed by atoms with Gasteiger partial charge in [0.1, 0.15) is 13.2 Å². The standard InChI is InChI=1S/C73H126O6/c1-4-7-10-13-16-19-22-25-28-31-32-33-34-35-36-37-38-39-40-43-45-48-51-54-57-60-63-66-72(75)78-69-70(79-73(76)67-64-61-58-55-52-49-46-42-30-27-24-21-18-15-12-9-6-3)68-77-71(74)65-62-59-56-53-50-47-44-41-29-26-23-20-17-14-11-8-5-2/h7,10,16,18-19,21,25-30,32-33,35-36,70H,4-6,8-9,11-15,17,20,22-24,31,34,37-69H2,1-3H3/b10-7-,19-16-,21-18-,28-25-,29-26-,30-27-,33-32-,36-35-. The highest BCUT2D eigenvalue weighted by Gasteiger charge is 2.19. The maximum atomic E-state index is 12.9. The van der Waals surface area contributed by atoms with Gasteiger partial charge in [0.25, 0.3) is 0 Å². The number of carbonyl (C=O) groups is 3. The van der Waals surface area contributed by atoms with Crippen molar-refractivity contribution in [1.29, 1.82) is 0 Å². The molecule has 0 saturated heterocycles. The molecule has 0 aliphatic rings. The number of carbonyl (C=O) groups excluding carboxylic acids is 3. The van der Waals surface area contributed by atoms with Crippen LogP contribution in [0.3, 0.4) is 0 Å². The van der Waals surface area contributed by atoms with Crippen LogP contribution < -0.4 is 0 Å². The highest BCUT2D eigenvalue weighted by molar-refractivity contribution is 5.71. The molecule has 1 unspecified atom stereocenters. The number of ether oxygens (including phenoxy) is 3. The number of unbranched alkanes of at least 4 members (excludes halogenated alkanes) is 34. The lowest BCUT2D eigenvalue weighted by atomic mass is 10.0. The molecule has 0 aromatic rings. The highest BCUT2D eigenvalue weighted by atomic mass is 16.6. The molecule has 6 heteroatoms. The van der Waals surface area contributed by atoms with Crippen molar-refractivity contribution in [3.63, 3.8) is 0 Å². The molecule has 0 aromatic heterocycles. The molecule has 0 aliphatic carbocycles. The number of rotatable bonds is 61. The number of hydrogen-bond acceptors (Lipinski definition) is 6. The summed E-state index contributed by atoms with van der Waals surface area (Å²) in [6.07, 6.45) is 89.8. The Morgan fingerprint density at radius 3 is 0.810 bits per heavy atom. The number of esters is 3. The van der Waals surface area contributed by atoms with Crippen LogP contribution in [0.15, 0.2) is 97.2 Å². The first kappa shape index (κ1) is 75.3. The van der Waals surface area contributed by atoms with E-state index in [4.69, 9.17) is 14.2 Å². The van der Waals surface area contributed by atoms with Crippen LogP contribution in [0.2, 0.25) is 0 Å². The summed E-state index contributed by atoms with van der Waals surface area (Å²) in [7, 11) is 0. The van der Waals surface area contributed by atoms with Gasteiger partial charge in [-0.3, -0.25) is 14.4 Å². The van der Waals surface area contributed by atoms with Crippen LogP contribution in [-0.2, 0) is 28.6 Å². The van der Waals surface area contributed by atoms with Crippen molar-refractivity contribution >= 4 is 17.9 Å². The topological polar surface area (TPSA) is 78.9 Å². The van der Waals surface area contributed by atoms with Gasteiger partial charge in [-0.2, -0.15) is 0 Å². The molecular formula is C73H126O6. The zero-order valence-electron chi connectivity index (χ0n) is 52.1. The van der Waals surface area contributed by atoms with E-state index in [1.165, 1.54) is 186 Å². The molecule has 79 heavy (non-hydrogen) atoms. The Hall–Kier alpha value is -3.67. The molecule has 0 spiro atoms.